The number of hydrogen-bond acceptors (Lipinski definition) is 1. The van der Waals surface area contributed by atoms with Crippen molar-refractivity contribution in [2.45, 2.75) is 47.1 Å². The van der Waals surface area contributed by atoms with Crippen molar-refractivity contribution in [1.82, 2.24) is 0 Å². The first kappa shape index (κ1) is 16.5. The van der Waals surface area contributed by atoms with Gasteiger partial charge in [-0.2, -0.15) is 0 Å². The standard InChI is InChI=1S/C14H21N.CH4.ClH/c1-14(2,3)12-9-8-10-6-4-5-7-11(10)13(12)15;;/h4-7,12-13H,8-9,15H2,1-3H3;1H4;1H. The molecule has 0 fully saturated rings. The molecule has 0 spiro atoms. The second kappa shape index (κ2) is 5.88. The Kier molecular flexibility index (Phi) is 5.70. The SMILES string of the molecule is C.CC(C)(C)C1CCc2ccccc2C1N.Cl. The summed E-state index contributed by atoms with van der Waals surface area (Å²) in [4.78, 5) is 0. The number of fused-ring (bicyclic) bond motifs is 1. The molecule has 0 aromatic heterocycles. The van der Waals surface area contributed by atoms with Crippen LogP contribution in [0.15, 0.2) is 24.3 Å². The molecule has 1 nitrogen and oxygen atoms in total. The van der Waals surface area contributed by atoms with E-state index in [-0.39, 0.29) is 25.9 Å². The molecule has 0 saturated heterocycles. The van der Waals surface area contributed by atoms with Gasteiger partial charge in [0, 0.05) is 6.04 Å². The summed E-state index contributed by atoms with van der Waals surface area (Å²) >= 11 is 0. The molecule has 2 rings (SSSR count). The molecule has 1 aromatic rings. The van der Waals surface area contributed by atoms with Gasteiger partial charge in [-0.25, -0.2) is 0 Å². The van der Waals surface area contributed by atoms with E-state index in [1.165, 1.54) is 24.0 Å². The largest absolute Gasteiger partial charge is 0.324 e. The van der Waals surface area contributed by atoms with Crippen LogP contribution in [0.2, 0.25) is 0 Å². The third-order valence-corrected chi connectivity index (χ3v) is 3.68. The van der Waals surface area contributed by atoms with Gasteiger partial charge in [0.2, 0.25) is 0 Å². The summed E-state index contributed by atoms with van der Waals surface area (Å²) in [6.07, 6.45) is 2.41. The van der Waals surface area contributed by atoms with Crippen molar-refractivity contribution in [3.63, 3.8) is 0 Å². The number of nitrogens with two attached hydrogens (primary N) is 1. The maximum absolute atomic E-state index is 6.38. The molecule has 2 N–H and O–H groups in total. The minimum Gasteiger partial charge on any atom is -0.324 e. The van der Waals surface area contributed by atoms with Gasteiger partial charge in [0.1, 0.15) is 0 Å². The zero-order chi connectivity index (χ0) is 11.1. The highest BCUT2D eigenvalue weighted by Crippen LogP contribution is 2.42. The van der Waals surface area contributed by atoms with Gasteiger partial charge in [-0.15, -0.1) is 12.4 Å². The van der Waals surface area contributed by atoms with E-state index in [0.29, 0.717) is 11.3 Å². The van der Waals surface area contributed by atoms with Crippen LogP contribution >= 0.6 is 12.4 Å². The molecule has 2 heteroatoms. The Morgan fingerprint density at radius 1 is 1.18 bits per heavy atom. The normalized spacial score (nSPS) is 23.1. The molecule has 1 aliphatic carbocycles. The average molecular weight is 256 g/mol. The lowest BCUT2D eigenvalue weighted by Crippen LogP contribution is -2.35. The Balaban J connectivity index is 0.00000128. The molecular weight excluding hydrogens is 230 g/mol. The van der Waals surface area contributed by atoms with Crippen LogP contribution in [0.5, 0.6) is 0 Å². The predicted octanol–water partition coefficient (Wildman–Crippen LogP) is 4.35. The fraction of sp³-hybridized carbons (Fsp3) is 0.600. The van der Waals surface area contributed by atoms with Crippen LogP contribution in [0.4, 0.5) is 0 Å². The lowest BCUT2D eigenvalue weighted by Gasteiger charge is -2.39. The molecule has 1 aromatic carbocycles. The van der Waals surface area contributed by atoms with Crippen molar-refractivity contribution in [1.29, 1.82) is 0 Å². The smallest absolute Gasteiger partial charge is 0.0331 e. The average Bonchev–Trinajstić information content (AvgIpc) is 2.16. The van der Waals surface area contributed by atoms with Crippen LogP contribution in [-0.4, -0.2) is 0 Å². The molecular formula is C15H26ClN. The summed E-state index contributed by atoms with van der Waals surface area (Å²) in [6, 6.07) is 8.84. The van der Waals surface area contributed by atoms with Crippen LogP contribution in [0.25, 0.3) is 0 Å². The topological polar surface area (TPSA) is 26.0 Å². The second-order valence-corrected chi connectivity index (χ2v) is 5.74. The van der Waals surface area contributed by atoms with E-state index in [0.717, 1.165) is 0 Å². The van der Waals surface area contributed by atoms with E-state index in [2.05, 4.69) is 45.0 Å². The van der Waals surface area contributed by atoms with E-state index in [4.69, 9.17) is 5.73 Å². The van der Waals surface area contributed by atoms with Crippen LogP contribution < -0.4 is 5.73 Å². The highest BCUT2D eigenvalue weighted by Gasteiger charge is 2.34. The number of benzene rings is 1. The van der Waals surface area contributed by atoms with Crippen LogP contribution in [0.3, 0.4) is 0 Å². The molecule has 98 valence electrons. The quantitative estimate of drug-likeness (QED) is 0.733. The molecule has 2 atom stereocenters. The van der Waals surface area contributed by atoms with Crippen molar-refractivity contribution in [2.75, 3.05) is 0 Å². The maximum atomic E-state index is 6.38. The first-order valence-corrected chi connectivity index (χ1v) is 5.83. The number of rotatable bonds is 0. The monoisotopic (exact) mass is 255 g/mol. The van der Waals surface area contributed by atoms with E-state index < -0.39 is 0 Å². The van der Waals surface area contributed by atoms with Crippen molar-refractivity contribution in [2.24, 2.45) is 17.1 Å². The summed E-state index contributed by atoms with van der Waals surface area (Å²) in [7, 11) is 0. The molecule has 0 amide bonds. The van der Waals surface area contributed by atoms with Gasteiger partial charge in [-0.3, -0.25) is 0 Å². The highest BCUT2D eigenvalue weighted by molar-refractivity contribution is 5.85. The molecule has 1 aliphatic rings. The van der Waals surface area contributed by atoms with E-state index >= 15 is 0 Å². The number of aryl methyl sites for hydroxylation is 1. The Bertz CT molecular complexity index is 354. The van der Waals surface area contributed by atoms with Gasteiger partial charge in [0.05, 0.1) is 0 Å². The third kappa shape index (κ3) is 3.23. The minimum absolute atomic E-state index is 0. The predicted molar refractivity (Wildman–Crippen MR) is 78.6 cm³/mol. The van der Waals surface area contributed by atoms with Crippen molar-refractivity contribution < 1.29 is 0 Å². The Morgan fingerprint density at radius 2 is 1.76 bits per heavy atom. The second-order valence-electron chi connectivity index (χ2n) is 5.74. The molecule has 17 heavy (non-hydrogen) atoms. The zero-order valence-electron chi connectivity index (χ0n) is 10.4. The number of halogens is 1. The lowest BCUT2D eigenvalue weighted by molar-refractivity contribution is 0.179. The van der Waals surface area contributed by atoms with Gasteiger partial charge >= 0.3 is 0 Å². The maximum Gasteiger partial charge on any atom is 0.0331 e. The third-order valence-electron chi connectivity index (χ3n) is 3.68. The minimum atomic E-state index is 0. The molecule has 0 saturated carbocycles. The molecule has 0 bridgehead atoms. The van der Waals surface area contributed by atoms with E-state index in [9.17, 15) is 0 Å². The van der Waals surface area contributed by atoms with E-state index in [1.807, 2.05) is 0 Å². The van der Waals surface area contributed by atoms with Crippen LogP contribution in [-0.2, 0) is 6.42 Å². The first-order valence-electron chi connectivity index (χ1n) is 5.83. The Morgan fingerprint density at radius 3 is 2.35 bits per heavy atom. The van der Waals surface area contributed by atoms with Gasteiger partial charge in [0.25, 0.3) is 0 Å². The van der Waals surface area contributed by atoms with Crippen molar-refractivity contribution in [3.05, 3.63) is 35.4 Å². The fourth-order valence-corrected chi connectivity index (χ4v) is 2.77. The lowest BCUT2D eigenvalue weighted by atomic mass is 9.68. The summed E-state index contributed by atoms with van der Waals surface area (Å²) in [5.74, 6) is 0.604. The first-order chi connectivity index (χ1) is 7.00. The van der Waals surface area contributed by atoms with E-state index in [1.54, 1.807) is 0 Å². The van der Waals surface area contributed by atoms with Gasteiger partial charge in [-0.1, -0.05) is 52.5 Å². The molecule has 0 aliphatic heterocycles. The van der Waals surface area contributed by atoms with Crippen LogP contribution in [0.1, 0.15) is 51.8 Å². The Hall–Kier alpha value is -0.530. The summed E-state index contributed by atoms with van der Waals surface area (Å²) in [5.41, 5.74) is 9.50. The highest BCUT2D eigenvalue weighted by atomic mass is 35.5. The molecule has 0 radical (unpaired) electrons. The van der Waals surface area contributed by atoms with Crippen molar-refractivity contribution >= 4 is 12.4 Å². The molecule has 0 heterocycles. The Labute approximate surface area is 112 Å². The summed E-state index contributed by atoms with van der Waals surface area (Å²) in [6.45, 7) is 6.89. The van der Waals surface area contributed by atoms with Gasteiger partial charge in [-0.05, 0) is 35.3 Å². The zero-order valence-corrected chi connectivity index (χ0v) is 11.2. The summed E-state index contributed by atoms with van der Waals surface area (Å²) in [5, 5.41) is 0. The fourth-order valence-electron chi connectivity index (χ4n) is 2.77. The van der Waals surface area contributed by atoms with Gasteiger partial charge < -0.3 is 5.73 Å². The number of hydrogen-bond donors (Lipinski definition) is 1. The summed E-state index contributed by atoms with van der Waals surface area (Å²) < 4.78 is 0. The molecule has 2 unspecified atom stereocenters. The van der Waals surface area contributed by atoms with Crippen LogP contribution in [0, 0.1) is 11.3 Å². The van der Waals surface area contributed by atoms with Gasteiger partial charge in [0.15, 0.2) is 0 Å². The van der Waals surface area contributed by atoms with Crippen molar-refractivity contribution in [3.8, 4) is 0 Å².